The van der Waals surface area contributed by atoms with Crippen LogP contribution in [0.3, 0.4) is 0 Å². The number of aryl methyl sites for hydroxylation is 1. The number of H-pyrrole nitrogens is 1. The van der Waals surface area contributed by atoms with Gasteiger partial charge < -0.3 is 14.8 Å². The van der Waals surface area contributed by atoms with E-state index in [2.05, 4.69) is 4.98 Å². The van der Waals surface area contributed by atoms with Gasteiger partial charge >= 0.3 is 5.97 Å². The summed E-state index contributed by atoms with van der Waals surface area (Å²) in [6.07, 6.45) is 0.414. The highest BCUT2D eigenvalue weighted by molar-refractivity contribution is 5.89. The molecule has 0 bridgehead atoms. The van der Waals surface area contributed by atoms with Gasteiger partial charge in [0.2, 0.25) is 0 Å². The first-order chi connectivity index (χ1) is 8.13. The Morgan fingerprint density at radius 2 is 2.29 bits per heavy atom. The zero-order chi connectivity index (χ0) is 12.4. The molecule has 2 aromatic rings. The van der Waals surface area contributed by atoms with Crippen molar-refractivity contribution in [2.75, 3.05) is 6.61 Å². The van der Waals surface area contributed by atoms with E-state index in [0.29, 0.717) is 5.56 Å². The van der Waals surface area contributed by atoms with Crippen molar-refractivity contribution in [2.45, 2.75) is 20.0 Å². The molecule has 0 amide bonds. The first kappa shape index (κ1) is 11.7. The van der Waals surface area contributed by atoms with Gasteiger partial charge in [-0.25, -0.2) is 4.79 Å². The van der Waals surface area contributed by atoms with Crippen LogP contribution in [0.2, 0.25) is 0 Å². The SMILES string of the molecule is CCOC(=O)C(O)c1c[nH]c2cc(C)ccc12. The second-order valence-corrected chi connectivity index (χ2v) is 3.95. The summed E-state index contributed by atoms with van der Waals surface area (Å²) in [5, 5.41) is 10.7. The van der Waals surface area contributed by atoms with Gasteiger partial charge in [0.15, 0.2) is 6.10 Å². The van der Waals surface area contributed by atoms with Gasteiger partial charge in [0.1, 0.15) is 0 Å². The predicted molar refractivity (Wildman–Crippen MR) is 64.6 cm³/mol. The number of fused-ring (bicyclic) bond motifs is 1. The number of rotatable bonds is 3. The van der Waals surface area contributed by atoms with Crippen LogP contribution < -0.4 is 0 Å². The topological polar surface area (TPSA) is 62.3 Å². The van der Waals surface area contributed by atoms with Gasteiger partial charge in [-0.15, -0.1) is 0 Å². The molecule has 90 valence electrons. The third kappa shape index (κ3) is 2.17. The van der Waals surface area contributed by atoms with Crippen molar-refractivity contribution >= 4 is 16.9 Å². The van der Waals surface area contributed by atoms with Crippen molar-refractivity contribution in [3.63, 3.8) is 0 Å². The fourth-order valence-electron chi connectivity index (χ4n) is 1.84. The van der Waals surface area contributed by atoms with Crippen LogP contribution in [0.25, 0.3) is 10.9 Å². The summed E-state index contributed by atoms with van der Waals surface area (Å²) in [5.74, 6) is -0.617. The summed E-state index contributed by atoms with van der Waals surface area (Å²) < 4.78 is 4.80. The minimum absolute atomic E-state index is 0.261. The molecule has 4 nitrogen and oxygen atoms in total. The predicted octanol–water partition coefficient (Wildman–Crippen LogP) is 2.07. The van der Waals surface area contributed by atoms with Gasteiger partial charge in [-0.3, -0.25) is 0 Å². The highest BCUT2D eigenvalue weighted by Crippen LogP contribution is 2.25. The number of ether oxygens (including phenoxy) is 1. The van der Waals surface area contributed by atoms with Crippen molar-refractivity contribution in [3.05, 3.63) is 35.5 Å². The molecule has 0 saturated heterocycles. The van der Waals surface area contributed by atoms with Crippen LogP contribution in [0.5, 0.6) is 0 Å². The molecule has 1 atom stereocenters. The summed E-state index contributed by atoms with van der Waals surface area (Å²) in [5.41, 5.74) is 2.58. The van der Waals surface area contributed by atoms with Crippen molar-refractivity contribution in [1.82, 2.24) is 4.98 Å². The van der Waals surface area contributed by atoms with Gasteiger partial charge in [0.25, 0.3) is 0 Å². The van der Waals surface area contributed by atoms with Crippen molar-refractivity contribution in [2.24, 2.45) is 0 Å². The molecule has 1 aromatic carbocycles. The number of hydrogen-bond donors (Lipinski definition) is 2. The van der Waals surface area contributed by atoms with E-state index in [4.69, 9.17) is 4.74 Å². The number of benzene rings is 1. The van der Waals surface area contributed by atoms with Crippen molar-refractivity contribution < 1.29 is 14.6 Å². The van der Waals surface area contributed by atoms with Crippen LogP contribution in [0.4, 0.5) is 0 Å². The first-order valence-corrected chi connectivity index (χ1v) is 5.55. The zero-order valence-electron chi connectivity index (χ0n) is 9.86. The molecule has 0 fully saturated rings. The molecule has 1 aromatic heterocycles. The van der Waals surface area contributed by atoms with Crippen LogP contribution in [0.1, 0.15) is 24.2 Å². The Hall–Kier alpha value is -1.81. The smallest absolute Gasteiger partial charge is 0.339 e. The number of aromatic nitrogens is 1. The number of nitrogens with one attached hydrogen (secondary N) is 1. The summed E-state index contributed by atoms with van der Waals surface area (Å²) in [7, 11) is 0. The van der Waals surface area contributed by atoms with Crippen LogP contribution >= 0.6 is 0 Å². The second-order valence-electron chi connectivity index (χ2n) is 3.95. The third-order valence-electron chi connectivity index (χ3n) is 2.67. The van der Waals surface area contributed by atoms with E-state index in [1.165, 1.54) is 0 Å². The first-order valence-electron chi connectivity index (χ1n) is 5.55. The van der Waals surface area contributed by atoms with Gasteiger partial charge in [-0.05, 0) is 25.5 Å². The second kappa shape index (κ2) is 4.59. The van der Waals surface area contributed by atoms with E-state index in [9.17, 15) is 9.90 Å². The molecule has 0 aliphatic rings. The maximum Gasteiger partial charge on any atom is 0.339 e. The summed E-state index contributed by atoms with van der Waals surface area (Å²) in [6, 6.07) is 5.80. The molecule has 2 N–H and O–H groups in total. The van der Waals surface area contributed by atoms with Crippen LogP contribution in [0, 0.1) is 6.92 Å². The standard InChI is InChI=1S/C13H15NO3/c1-3-17-13(16)12(15)10-7-14-11-6-8(2)4-5-9(10)11/h4-7,12,14-15H,3H2,1-2H3. The molecule has 1 unspecified atom stereocenters. The fraction of sp³-hybridized carbons (Fsp3) is 0.308. The fourth-order valence-corrected chi connectivity index (χ4v) is 1.84. The molecular weight excluding hydrogens is 218 g/mol. The molecule has 17 heavy (non-hydrogen) atoms. The molecule has 1 heterocycles. The largest absolute Gasteiger partial charge is 0.464 e. The van der Waals surface area contributed by atoms with E-state index in [1.807, 2.05) is 25.1 Å². The van der Waals surface area contributed by atoms with Gasteiger partial charge in [-0.2, -0.15) is 0 Å². The molecule has 4 heteroatoms. The Bertz CT molecular complexity index is 545. The monoisotopic (exact) mass is 233 g/mol. The van der Waals surface area contributed by atoms with E-state index >= 15 is 0 Å². The Morgan fingerprint density at radius 3 is 3.00 bits per heavy atom. The Kier molecular flexibility index (Phi) is 3.15. The molecule has 0 saturated carbocycles. The number of aliphatic hydroxyl groups excluding tert-OH is 1. The van der Waals surface area contributed by atoms with Crippen LogP contribution in [-0.4, -0.2) is 22.7 Å². The summed E-state index contributed by atoms with van der Waals surface area (Å²) in [4.78, 5) is 14.5. The average Bonchev–Trinajstić information content (AvgIpc) is 2.71. The minimum Gasteiger partial charge on any atom is -0.464 e. The van der Waals surface area contributed by atoms with Crippen LogP contribution in [0.15, 0.2) is 24.4 Å². The number of hydrogen-bond acceptors (Lipinski definition) is 3. The Labute approximate surface area is 99.2 Å². The lowest BCUT2D eigenvalue weighted by molar-refractivity contribution is -0.153. The molecule has 0 spiro atoms. The molecular formula is C13H15NO3. The maximum atomic E-state index is 11.5. The summed E-state index contributed by atoms with van der Waals surface area (Å²) in [6.45, 7) is 3.96. The lowest BCUT2D eigenvalue weighted by Gasteiger charge is -2.08. The summed E-state index contributed by atoms with van der Waals surface area (Å²) >= 11 is 0. The number of aromatic amines is 1. The van der Waals surface area contributed by atoms with E-state index < -0.39 is 12.1 Å². The minimum atomic E-state index is -1.23. The number of carbonyl (C=O) groups excluding carboxylic acids is 1. The number of carbonyl (C=O) groups is 1. The zero-order valence-corrected chi connectivity index (χ0v) is 9.86. The van der Waals surface area contributed by atoms with Gasteiger partial charge in [0.05, 0.1) is 6.61 Å². The van der Waals surface area contributed by atoms with E-state index in [0.717, 1.165) is 16.5 Å². The van der Waals surface area contributed by atoms with Crippen molar-refractivity contribution in [1.29, 1.82) is 0 Å². The number of esters is 1. The average molecular weight is 233 g/mol. The Morgan fingerprint density at radius 1 is 1.53 bits per heavy atom. The highest BCUT2D eigenvalue weighted by Gasteiger charge is 2.21. The third-order valence-corrected chi connectivity index (χ3v) is 2.67. The lowest BCUT2D eigenvalue weighted by atomic mass is 10.1. The molecule has 0 aliphatic carbocycles. The van der Waals surface area contributed by atoms with E-state index in [-0.39, 0.29) is 6.61 Å². The van der Waals surface area contributed by atoms with Gasteiger partial charge in [-0.1, -0.05) is 12.1 Å². The van der Waals surface area contributed by atoms with Crippen molar-refractivity contribution in [3.8, 4) is 0 Å². The van der Waals surface area contributed by atoms with Gasteiger partial charge in [0, 0.05) is 22.7 Å². The normalized spacial score (nSPS) is 12.6. The molecule has 0 radical (unpaired) electrons. The van der Waals surface area contributed by atoms with Crippen LogP contribution in [-0.2, 0) is 9.53 Å². The molecule has 0 aliphatic heterocycles. The van der Waals surface area contributed by atoms with E-state index in [1.54, 1.807) is 13.1 Å². The quantitative estimate of drug-likeness (QED) is 0.798. The Balaban J connectivity index is 2.39. The lowest BCUT2D eigenvalue weighted by Crippen LogP contribution is -2.14. The molecule has 2 rings (SSSR count). The number of aliphatic hydroxyl groups is 1. The highest BCUT2D eigenvalue weighted by atomic mass is 16.5. The maximum absolute atomic E-state index is 11.5.